The summed E-state index contributed by atoms with van der Waals surface area (Å²) in [4.78, 5) is 11.4. The van der Waals surface area contributed by atoms with Crippen molar-refractivity contribution in [3.05, 3.63) is 52.5 Å². The van der Waals surface area contributed by atoms with E-state index >= 15 is 0 Å². The highest BCUT2D eigenvalue weighted by Crippen LogP contribution is 2.37. The molecule has 0 spiro atoms. The molecule has 0 amide bonds. The fourth-order valence-electron chi connectivity index (χ4n) is 2.14. The van der Waals surface area contributed by atoms with Gasteiger partial charge >= 0.3 is 12.1 Å². The van der Waals surface area contributed by atoms with Crippen LogP contribution in [0.3, 0.4) is 0 Å². The first kappa shape index (κ1) is 21.4. The number of carboxylic acid groups (broad SMARTS) is 1. The SMILES string of the molecule is CCC(C)(Oc1cc(Oc2ccc(C(F)(F)F)cc2Cl)ccc1C#N)C(=O)O. The van der Waals surface area contributed by atoms with E-state index in [0.717, 1.165) is 18.2 Å². The van der Waals surface area contributed by atoms with E-state index in [1.807, 2.05) is 6.07 Å². The Hall–Kier alpha value is -2.92. The van der Waals surface area contributed by atoms with Crippen LogP contribution in [0.2, 0.25) is 5.02 Å². The summed E-state index contributed by atoms with van der Waals surface area (Å²) >= 11 is 5.87. The zero-order valence-electron chi connectivity index (χ0n) is 14.8. The van der Waals surface area contributed by atoms with Gasteiger partial charge in [-0.25, -0.2) is 4.79 Å². The number of hydrogen-bond donors (Lipinski definition) is 1. The topological polar surface area (TPSA) is 79.5 Å². The zero-order chi connectivity index (χ0) is 21.1. The molecule has 28 heavy (non-hydrogen) atoms. The number of rotatable bonds is 6. The van der Waals surface area contributed by atoms with Gasteiger partial charge in [-0.2, -0.15) is 18.4 Å². The molecule has 9 heteroatoms. The van der Waals surface area contributed by atoms with Crippen LogP contribution >= 0.6 is 11.6 Å². The number of carboxylic acids is 1. The maximum absolute atomic E-state index is 12.7. The second-order valence-electron chi connectivity index (χ2n) is 6.01. The molecule has 0 heterocycles. The molecule has 0 aromatic heterocycles. The quantitative estimate of drug-likeness (QED) is 0.661. The van der Waals surface area contributed by atoms with E-state index in [2.05, 4.69) is 0 Å². The molecule has 0 aliphatic rings. The van der Waals surface area contributed by atoms with E-state index in [0.29, 0.717) is 0 Å². The average Bonchev–Trinajstić information content (AvgIpc) is 2.62. The Morgan fingerprint density at radius 3 is 2.39 bits per heavy atom. The minimum Gasteiger partial charge on any atom is -0.478 e. The van der Waals surface area contributed by atoms with Crippen molar-refractivity contribution >= 4 is 17.6 Å². The summed E-state index contributed by atoms with van der Waals surface area (Å²) in [6.45, 7) is 2.97. The van der Waals surface area contributed by atoms with Crippen LogP contribution in [0.4, 0.5) is 13.2 Å². The molecule has 1 atom stereocenters. The number of hydrogen-bond acceptors (Lipinski definition) is 4. The van der Waals surface area contributed by atoms with Gasteiger partial charge in [-0.3, -0.25) is 0 Å². The summed E-state index contributed by atoms with van der Waals surface area (Å²) in [6, 6.07) is 8.52. The Balaban J connectivity index is 2.36. The Morgan fingerprint density at radius 2 is 1.89 bits per heavy atom. The van der Waals surface area contributed by atoms with Crippen LogP contribution in [0.1, 0.15) is 31.4 Å². The lowest BCUT2D eigenvalue weighted by atomic mass is 10.0. The van der Waals surface area contributed by atoms with Gasteiger partial charge in [-0.1, -0.05) is 18.5 Å². The summed E-state index contributed by atoms with van der Waals surface area (Å²) in [5, 5.41) is 18.3. The standard InChI is InChI=1S/C19H15ClF3NO4/c1-3-18(2,17(25)26)28-16-9-13(6-4-11(16)10-24)27-15-7-5-12(8-14(15)20)19(21,22)23/h4-9H,3H2,1-2H3,(H,25,26). The smallest absolute Gasteiger partial charge is 0.416 e. The van der Waals surface area contributed by atoms with Crippen molar-refractivity contribution in [2.24, 2.45) is 0 Å². The molecule has 2 rings (SSSR count). The molecule has 5 nitrogen and oxygen atoms in total. The van der Waals surface area contributed by atoms with Crippen molar-refractivity contribution in [2.45, 2.75) is 32.0 Å². The van der Waals surface area contributed by atoms with E-state index in [1.165, 1.54) is 25.1 Å². The zero-order valence-corrected chi connectivity index (χ0v) is 15.6. The normalized spacial score (nSPS) is 13.3. The predicted octanol–water partition coefficient (Wildman–Crippen LogP) is 5.65. The van der Waals surface area contributed by atoms with E-state index < -0.39 is 23.3 Å². The molecule has 148 valence electrons. The third-order valence-electron chi connectivity index (χ3n) is 4.02. The number of ether oxygens (including phenoxy) is 2. The van der Waals surface area contributed by atoms with Crippen molar-refractivity contribution in [1.82, 2.24) is 0 Å². The molecule has 1 unspecified atom stereocenters. The Kier molecular flexibility index (Phi) is 6.10. The van der Waals surface area contributed by atoms with E-state index in [1.54, 1.807) is 6.92 Å². The predicted molar refractivity (Wildman–Crippen MR) is 94.6 cm³/mol. The summed E-state index contributed by atoms with van der Waals surface area (Å²) in [5.41, 5.74) is -2.42. The molecule has 0 saturated heterocycles. The number of benzene rings is 2. The summed E-state index contributed by atoms with van der Waals surface area (Å²) in [5.74, 6) is -1.17. The fraction of sp³-hybridized carbons (Fsp3) is 0.263. The molecule has 0 fully saturated rings. The van der Waals surface area contributed by atoms with Gasteiger partial charge in [0.25, 0.3) is 0 Å². The first-order valence-electron chi connectivity index (χ1n) is 8.01. The van der Waals surface area contributed by atoms with Crippen molar-refractivity contribution < 1.29 is 32.5 Å². The highest BCUT2D eigenvalue weighted by atomic mass is 35.5. The number of nitrogens with zero attached hydrogens (tertiary/aromatic N) is 1. The van der Waals surface area contributed by atoms with Crippen LogP contribution in [-0.4, -0.2) is 16.7 Å². The van der Waals surface area contributed by atoms with Crippen LogP contribution in [-0.2, 0) is 11.0 Å². The average molecular weight is 414 g/mol. The minimum absolute atomic E-state index is 0.0326. The third kappa shape index (κ3) is 4.67. The largest absolute Gasteiger partial charge is 0.478 e. The van der Waals surface area contributed by atoms with Gasteiger partial charge < -0.3 is 14.6 Å². The monoisotopic (exact) mass is 413 g/mol. The Bertz CT molecular complexity index is 940. The third-order valence-corrected chi connectivity index (χ3v) is 4.32. The lowest BCUT2D eigenvalue weighted by Gasteiger charge is -2.25. The van der Waals surface area contributed by atoms with Crippen molar-refractivity contribution in [2.75, 3.05) is 0 Å². The molecule has 0 radical (unpaired) electrons. The highest BCUT2D eigenvalue weighted by molar-refractivity contribution is 6.32. The molecular weight excluding hydrogens is 399 g/mol. The van der Waals surface area contributed by atoms with E-state index in [-0.39, 0.29) is 34.3 Å². The van der Waals surface area contributed by atoms with Gasteiger partial charge in [-0.15, -0.1) is 0 Å². The number of aliphatic carboxylic acids is 1. The van der Waals surface area contributed by atoms with Gasteiger partial charge in [0.15, 0.2) is 0 Å². The Morgan fingerprint density at radius 1 is 1.21 bits per heavy atom. The lowest BCUT2D eigenvalue weighted by molar-refractivity contribution is -0.154. The van der Waals surface area contributed by atoms with Gasteiger partial charge in [0.2, 0.25) is 5.60 Å². The molecule has 0 bridgehead atoms. The highest BCUT2D eigenvalue weighted by Gasteiger charge is 2.34. The van der Waals surface area contributed by atoms with Gasteiger partial charge in [0.1, 0.15) is 23.3 Å². The Labute approximate surface area is 163 Å². The summed E-state index contributed by atoms with van der Waals surface area (Å²) in [6.07, 6.45) is -4.41. The molecule has 0 saturated carbocycles. The first-order valence-corrected chi connectivity index (χ1v) is 8.39. The fourth-order valence-corrected chi connectivity index (χ4v) is 2.36. The number of alkyl halides is 3. The van der Waals surface area contributed by atoms with E-state index in [4.69, 9.17) is 21.1 Å². The summed E-state index contributed by atoms with van der Waals surface area (Å²) < 4.78 is 49.2. The maximum Gasteiger partial charge on any atom is 0.416 e. The van der Waals surface area contributed by atoms with Crippen molar-refractivity contribution in [1.29, 1.82) is 5.26 Å². The number of carbonyl (C=O) groups is 1. The lowest BCUT2D eigenvalue weighted by Crippen LogP contribution is -2.40. The molecule has 0 aliphatic carbocycles. The van der Waals surface area contributed by atoms with Crippen LogP contribution < -0.4 is 9.47 Å². The molecule has 2 aromatic rings. The van der Waals surface area contributed by atoms with Crippen LogP contribution in [0.5, 0.6) is 17.2 Å². The van der Waals surface area contributed by atoms with Gasteiger partial charge in [0, 0.05) is 6.07 Å². The number of halogens is 4. The van der Waals surface area contributed by atoms with Gasteiger partial charge in [-0.05, 0) is 43.7 Å². The summed E-state index contributed by atoms with van der Waals surface area (Å²) in [7, 11) is 0. The minimum atomic E-state index is -4.54. The van der Waals surface area contributed by atoms with Crippen molar-refractivity contribution in [3.8, 4) is 23.3 Å². The molecule has 1 N–H and O–H groups in total. The molecule has 0 aliphatic heterocycles. The number of nitriles is 1. The van der Waals surface area contributed by atoms with Gasteiger partial charge in [0.05, 0.1) is 16.1 Å². The second kappa shape index (κ2) is 7.98. The maximum atomic E-state index is 12.7. The van der Waals surface area contributed by atoms with Crippen LogP contribution in [0.25, 0.3) is 0 Å². The van der Waals surface area contributed by atoms with Crippen molar-refractivity contribution in [3.63, 3.8) is 0 Å². The van der Waals surface area contributed by atoms with Crippen LogP contribution in [0.15, 0.2) is 36.4 Å². The van der Waals surface area contributed by atoms with Crippen LogP contribution in [0, 0.1) is 11.3 Å². The molecule has 2 aromatic carbocycles. The molecular formula is C19H15ClF3NO4. The first-order chi connectivity index (χ1) is 13.0. The second-order valence-corrected chi connectivity index (χ2v) is 6.41. The van der Waals surface area contributed by atoms with E-state index in [9.17, 15) is 28.3 Å².